The van der Waals surface area contributed by atoms with Gasteiger partial charge >= 0.3 is 0 Å². The smallest absolute Gasteiger partial charge is 0.253 e. The number of hydrogen-bond donors (Lipinski definition) is 3. The number of hydrogen-bond acceptors (Lipinski definition) is 4. The Bertz CT molecular complexity index is 772. The standard InChI is InChI=1S/C25H40N4O3/c1-5-12-29(13-6-2)25(32)21-9-7-8-20(15-21)24(31)28-18(4)22(26)14-17(3)23(30)27-16-19-10-11-19/h7-9,15,17-19,22H,5-6,10-14,16,26H2,1-4H3,(H,27,30)(H,28,31)/t17-,18+,22+/m1/s1. The topological polar surface area (TPSA) is 105 Å². The number of carbonyl (C=O) groups is 3. The number of carbonyl (C=O) groups excluding carboxylic acids is 3. The van der Waals surface area contributed by atoms with Crippen LogP contribution >= 0.6 is 0 Å². The number of nitrogens with zero attached hydrogens (tertiary/aromatic N) is 1. The van der Waals surface area contributed by atoms with Gasteiger partial charge in [0.2, 0.25) is 5.91 Å². The van der Waals surface area contributed by atoms with Crippen LogP contribution in [-0.4, -0.2) is 54.3 Å². The fraction of sp³-hybridized carbons (Fsp3) is 0.640. The molecule has 1 aliphatic rings. The Morgan fingerprint density at radius 1 is 1.09 bits per heavy atom. The summed E-state index contributed by atoms with van der Waals surface area (Å²) in [6, 6.07) is 6.15. The van der Waals surface area contributed by atoms with E-state index in [-0.39, 0.29) is 35.7 Å². The molecule has 0 spiro atoms. The number of benzene rings is 1. The average molecular weight is 445 g/mol. The van der Waals surface area contributed by atoms with E-state index in [0.717, 1.165) is 19.4 Å². The van der Waals surface area contributed by atoms with Crippen molar-refractivity contribution in [1.82, 2.24) is 15.5 Å². The Labute approximate surface area is 192 Å². The van der Waals surface area contributed by atoms with Gasteiger partial charge < -0.3 is 21.3 Å². The summed E-state index contributed by atoms with van der Waals surface area (Å²) >= 11 is 0. The highest BCUT2D eigenvalue weighted by atomic mass is 16.2. The van der Waals surface area contributed by atoms with E-state index in [2.05, 4.69) is 10.6 Å². The summed E-state index contributed by atoms with van der Waals surface area (Å²) in [5.74, 6) is 0.106. The van der Waals surface area contributed by atoms with Crippen LogP contribution in [0.2, 0.25) is 0 Å². The lowest BCUT2D eigenvalue weighted by Gasteiger charge is -2.24. The van der Waals surface area contributed by atoms with Crippen LogP contribution in [-0.2, 0) is 4.79 Å². The predicted octanol–water partition coefficient (Wildman–Crippen LogP) is 2.95. The number of nitrogens with two attached hydrogens (primary N) is 1. The molecular formula is C25H40N4O3. The maximum atomic E-state index is 12.9. The molecule has 7 nitrogen and oxygen atoms in total. The summed E-state index contributed by atoms with van der Waals surface area (Å²) in [6.45, 7) is 9.93. The van der Waals surface area contributed by atoms with E-state index in [0.29, 0.717) is 36.6 Å². The van der Waals surface area contributed by atoms with E-state index in [1.54, 1.807) is 24.3 Å². The molecule has 1 saturated carbocycles. The van der Waals surface area contributed by atoms with Gasteiger partial charge in [0.1, 0.15) is 0 Å². The average Bonchev–Trinajstić information content (AvgIpc) is 3.61. The van der Waals surface area contributed by atoms with Crippen molar-refractivity contribution in [1.29, 1.82) is 0 Å². The van der Waals surface area contributed by atoms with Crippen molar-refractivity contribution < 1.29 is 14.4 Å². The largest absolute Gasteiger partial charge is 0.356 e. The maximum absolute atomic E-state index is 12.9. The Kier molecular flexibility index (Phi) is 10.2. The van der Waals surface area contributed by atoms with Crippen molar-refractivity contribution >= 4 is 17.7 Å². The minimum absolute atomic E-state index is 0.0146. The third kappa shape index (κ3) is 7.93. The van der Waals surface area contributed by atoms with Crippen LogP contribution in [0.3, 0.4) is 0 Å². The van der Waals surface area contributed by atoms with Gasteiger partial charge in [-0.05, 0) is 63.1 Å². The van der Waals surface area contributed by atoms with Gasteiger partial charge in [-0.1, -0.05) is 26.8 Å². The van der Waals surface area contributed by atoms with Gasteiger partial charge in [-0.15, -0.1) is 0 Å². The zero-order valence-corrected chi connectivity index (χ0v) is 20.0. The molecular weight excluding hydrogens is 404 g/mol. The normalized spacial score (nSPS) is 16.0. The van der Waals surface area contributed by atoms with Gasteiger partial charge in [0.25, 0.3) is 11.8 Å². The summed E-state index contributed by atoms with van der Waals surface area (Å²) in [7, 11) is 0. The van der Waals surface area contributed by atoms with Crippen LogP contribution in [0.4, 0.5) is 0 Å². The van der Waals surface area contributed by atoms with Crippen LogP contribution in [0, 0.1) is 11.8 Å². The lowest BCUT2D eigenvalue weighted by Crippen LogP contribution is -2.47. The first-order valence-corrected chi connectivity index (χ1v) is 12.0. The highest BCUT2D eigenvalue weighted by Crippen LogP contribution is 2.27. The van der Waals surface area contributed by atoms with Gasteiger partial charge in [0, 0.05) is 48.8 Å². The minimum atomic E-state index is -0.352. The molecule has 32 heavy (non-hydrogen) atoms. The second kappa shape index (κ2) is 12.6. The molecule has 2 rings (SSSR count). The molecule has 0 saturated heterocycles. The molecule has 0 heterocycles. The van der Waals surface area contributed by atoms with E-state index < -0.39 is 0 Å². The number of amides is 3. The van der Waals surface area contributed by atoms with Crippen molar-refractivity contribution in [3.05, 3.63) is 35.4 Å². The monoisotopic (exact) mass is 444 g/mol. The second-order valence-electron chi connectivity index (χ2n) is 9.12. The minimum Gasteiger partial charge on any atom is -0.356 e. The van der Waals surface area contributed by atoms with Crippen LogP contribution in [0.1, 0.15) is 80.5 Å². The highest BCUT2D eigenvalue weighted by molar-refractivity contribution is 5.99. The van der Waals surface area contributed by atoms with Crippen molar-refractivity contribution in [2.75, 3.05) is 19.6 Å². The highest BCUT2D eigenvalue weighted by Gasteiger charge is 2.25. The lowest BCUT2D eigenvalue weighted by atomic mass is 9.96. The summed E-state index contributed by atoms with van der Waals surface area (Å²) < 4.78 is 0. The molecule has 4 N–H and O–H groups in total. The molecule has 0 unspecified atom stereocenters. The summed E-state index contributed by atoms with van der Waals surface area (Å²) in [4.78, 5) is 39.7. The molecule has 0 bridgehead atoms. The van der Waals surface area contributed by atoms with Gasteiger partial charge in [-0.2, -0.15) is 0 Å². The van der Waals surface area contributed by atoms with Crippen molar-refractivity contribution in [2.24, 2.45) is 17.6 Å². The Balaban J connectivity index is 1.92. The summed E-state index contributed by atoms with van der Waals surface area (Å²) in [5.41, 5.74) is 7.22. The lowest BCUT2D eigenvalue weighted by molar-refractivity contribution is -0.124. The van der Waals surface area contributed by atoms with E-state index in [4.69, 9.17) is 5.73 Å². The van der Waals surface area contributed by atoms with Gasteiger partial charge in [-0.3, -0.25) is 14.4 Å². The summed E-state index contributed by atoms with van der Waals surface area (Å²) in [5, 5.41) is 5.91. The van der Waals surface area contributed by atoms with Crippen molar-refractivity contribution in [3.8, 4) is 0 Å². The Hall–Kier alpha value is -2.41. The van der Waals surface area contributed by atoms with Crippen LogP contribution in [0.15, 0.2) is 24.3 Å². The van der Waals surface area contributed by atoms with Gasteiger partial charge in [0.05, 0.1) is 0 Å². The fourth-order valence-electron chi connectivity index (χ4n) is 3.69. The van der Waals surface area contributed by atoms with Crippen LogP contribution in [0.5, 0.6) is 0 Å². The van der Waals surface area contributed by atoms with Crippen LogP contribution in [0.25, 0.3) is 0 Å². The van der Waals surface area contributed by atoms with E-state index >= 15 is 0 Å². The zero-order chi connectivity index (χ0) is 23.7. The Morgan fingerprint density at radius 2 is 1.72 bits per heavy atom. The number of nitrogens with one attached hydrogen (secondary N) is 2. The molecule has 0 aromatic heterocycles. The molecule has 0 aliphatic heterocycles. The molecule has 3 atom stereocenters. The molecule has 1 aliphatic carbocycles. The van der Waals surface area contributed by atoms with E-state index in [1.165, 1.54) is 12.8 Å². The molecule has 1 aromatic carbocycles. The quantitative estimate of drug-likeness (QED) is 0.435. The molecule has 178 valence electrons. The van der Waals surface area contributed by atoms with E-state index in [1.807, 2.05) is 32.6 Å². The second-order valence-corrected chi connectivity index (χ2v) is 9.12. The summed E-state index contributed by atoms with van der Waals surface area (Å²) in [6.07, 6.45) is 4.65. The molecule has 1 fully saturated rings. The maximum Gasteiger partial charge on any atom is 0.253 e. The fourth-order valence-corrected chi connectivity index (χ4v) is 3.69. The van der Waals surface area contributed by atoms with E-state index in [9.17, 15) is 14.4 Å². The molecule has 0 radical (unpaired) electrons. The molecule has 7 heteroatoms. The first kappa shape index (κ1) is 25.8. The first-order valence-electron chi connectivity index (χ1n) is 12.0. The van der Waals surface area contributed by atoms with Crippen molar-refractivity contribution in [3.63, 3.8) is 0 Å². The van der Waals surface area contributed by atoms with Gasteiger partial charge in [-0.25, -0.2) is 0 Å². The predicted molar refractivity (Wildman–Crippen MR) is 127 cm³/mol. The third-order valence-electron chi connectivity index (χ3n) is 5.98. The number of rotatable bonds is 13. The Morgan fingerprint density at radius 3 is 2.31 bits per heavy atom. The van der Waals surface area contributed by atoms with Crippen LogP contribution < -0.4 is 16.4 Å². The first-order chi connectivity index (χ1) is 15.3. The van der Waals surface area contributed by atoms with Gasteiger partial charge in [0.15, 0.2) is 0 Å². The third-order valence-corrected chi connectivity index (χ3v) is 5.98. The molecule has 1 aromatic rings. The zero-order valence-electron chi connectivity index (χ0n) is 20.0. The molecule has 3 amide bonds. The SMILES string of the molecule is CCCN(CCC)C(=O)c1cccc(C(=O)N[C@@H](C)[C@@H](N)C[C@@H](C)C(=O)NCC2CC2)c1. The van der Waals surface area contributed by atoms with Crippen molar-refractivity contribution in [2.45, 2.75) is 71.9 Å².